The fourth-order valence-electron chi connectivity index (χ4n) is 2.74. The second-order valence-corrected chi connectivity index (χ2v) is 5.58. The lowest BCUT2D eigenvalue weighted by molar-refractivity contribution is 0.269. The first kappa shape index (κ1) is 14.1. The molecule has 5 heteroatoms. The first-order chi connectivity index (χ1) is 10.3. The van der Waals surface area contributed by atoms with Gasteiger partial charge in [-0.15, -0.1) is 0 Å². The molecule has 1 fully saturated rings. The first-order valence-corrected chi connectivity index (χ1v) is 7.73. The summed E-state index contributed by atoms with van der Waals surface area (Å²) < 4.78 is 5.66. The Morgan fingerprint density at radius 3 is 2.90 bits per heavy atom. The summed E-state index contributed by atoms with van der Waals surface area (Å²) in [5, 5.41) is 4.18. The van der Waals surface area contributed by atoms with E-state index in [0.29, 0.717) is 0 Å². The summed E-state index contributed by atoms with van der Waals surface area (Å²) in [6.45, 7) is 3.11. The van der Waals surface area contributed by atoms with Gasteiger partial charge in [-0.1, -0.05) is 19.4 Å². The number of thiocarbonyl (C=S) groups is 1. The van der Waals surface area contributed by atoms with Crippen molar-refractivity contribution in [2.45, 2.75) is 31.8 Å². The summed E-state index contributed by atoms with van der Waals surface area (Å²) in [6.07, 6.45) is 5.77. The van der Waals surface area contributed by atoms with Crippen molar-refractivity contribution in [2.75, 3.05) is 6.54 Å². The monoisotopic (exact) mass is 301 g/mol. The van der Waals surface area contributed by atoms with Gasteiger partial charge in [0, 0.05) is 12.7 Å². The van der Waals surface area contributed by atoms with E-state index >= 15 is 0 Å². The zero-order chi connectivity index (χ0) is 14.7. The van der Waals surface area contributed by atoms with E-state index in [4.69, 9.17) is 16.6 Å². The van der Waals surface area contributed by atoms with Crippen LogP contribution in [-0.4, -0.2) is 21.5 Å². The molecule has 0 radical (unpaired) electrons. The highest BCUT2D eigenvalue weighted by atomic mass is 32.1. The molecule has 0 spiro atoms. The van der Waals surface area contributed by atoms with Gasteiger partial charge in [0.2, 0.25) is 0 Å². The van der Waals surface area contributed by atoms with Crippen LogP contribution in [0.25, 0.3) is 0 Å². The fraction of sp³-hybridized carbons (Fsp3) is 0.375. The van der Waals surface area contributed by atoms with Crippen molar-refractivity contribution in [3.8, 4) is 0 Å². The number of furan rings is 1. The lowest BCUT2D eigenvalue weighted by Crippen LogP contribution is -2.30. The van der Waals surface area contributed by atoms with Gasteiger partial charge in [0.15, 0.2) is 5.11 Å². The van der Waals surface area contributed by atoms with Crippen molar-refractivity contribution in [3.05, 3.63) is 54.2 Å². The second-order valence-electron chi connectivity index (χ2n) is 5.19. The quantitative estimate of drug-likeness (QED) is 0.857. The number of aromatic nitrogens is 1. The third-order valence-electron chi connectivity index (χ3n) is 3.79. The molecule has 2 aromatic heterocycles. The molecule has 2 atom stereocenters. The number of unbranched alkanes of at least 4 members (excludes halogenated alkanes) is 1. The molecule has 3 heterocycles. The van der Waals surface area contributed by atoms with E-state index in [1.807, 2.05) is 36.5 Å². The van der Waals surface area contributed by atoms with Crippen LogP contribution in [0, 0.1) is 0 Å². The molecule has 0 saturated carbocycles. The average Bonchev–Trinajstić information content (AvgIpc) is 3.13. The van der Waals surface area contributed by atoms with E-state index in [1.54, 1.807) is 6.26 Å². The molecule has 0 aromatic carbocycles. The lowest BCUT2D eigenvalue weighted by atomic mass is 10.0. The summed E-state index contributed by atoms with van der Waals surface area (Å²) in [6, 6.07) is 9.98. The van der Waals surface area contributed by atoms with Gasteiger partial charge in [-0.3, -0.25) is 4.98 Å². The molecule has 1 aliphatic rings. The van der Waals surface area contributed by atoms with Gasteiger partial charge in [0.05, 0.1) is 18.0 Å². The molecule has 1 N–H and O–H groups in total. The Kier molecular flexibility index (Phi) is 4.20. The Labute approximate surface area is 130 Å². The predicted molar refractivity (Wildman–Crippen MR) is 85.8 cm³/mol. The highest BCUT2D eigenvalue weighted by Gasteiger charge is 2.40. The first-order valence-electron chi connectivity index (χ1n) is 7.32. The van der Waals surface area contributed by atoms with Crippen molar-refractivity contribution in [3.63, 3.8) is 0 Å². The van der Waals surface area contributed by atoms with Crippen LogP contribution in [0.3, 0.4) is 0 Å². The minimum Gasteiger partial charge on any atom is -0.467 e. The van der Waals surface area contributed by atoms with Crippen molar-refractivity contribution in [1.29, 1.82) is 0 Å². The summed E-state index contributed by atoms with van der Waals surface area (Å²) in [5.41, 5.74) is 0.986. The molecule has 0 amide bonds. The Morgan fingerprint density at radius 1 is 1.33 bits per heavy atom. The van der Waals surface area contributed by atoms with Crippen molar-refractivity contribution >= 4 is 17.3 Å². The standard InChI is InChI=1S/C16H19N3OS/c1-2-3-10-19-15(13-8-6-11-20-13)14(18-16(19)21)12-7-4-5-9-17-12/h4-9,11,14-15H,2-3,10H2,1H3,(H,18,21)/t14-,15+/m1/s1. The van der Waals surface area contributed by atoms with Crippen molar-refractivity contribution < 1.29 is 4.42 Å². The molecule has 21 heavy (non-hydrogen) atoms. The van der Waals surface area contributed by atoms with E-state index in [2.05, 4.69) is 22.1 Å². The molecule has 4 nitrogen and oxygen atoms in total. The normalized spacial score (nSPS) is 21.6. The zero-order valence-corrected chi connectivity index (χ0v) is 12.8. The number of nitrogens with one attached hydrogen (secondary N) is 1. The van der Waals surface area contributed by atoms with Crippen LogP contribution >= 0.6 is 12.2 Å². The zero-order valence-electron chi connectivity index (χ0n) is 12.0. The Bertz CT molecular complexity index is 585. The number of hydrogen-bond acceptors (Lipinski definition) is 3. The van der Waals surface area contributed by atoms with Gasteiger partial charge in [-0.25, -0.2) is 0 Å². The minimum absolute atomic E-state index is 0.0294. The van der Waals surface area contributed by atoms with E-state index in [0.717, 1.165) is 36.0 Å². The number of nitrogens with zero attached hydrogens (tertiary/aromatic N) is 2. The molecule has 3 rings (SSSR count). The maximum absolute atomic E-state index is 5.66. The van der Waals surface area contributed by atoms with Gasteiger partial charge in [-0.2, -0.15) is 0 Å². The molecule has 110 valence electrons. The van der Waals surface area contributed by atoms with Crippen molar-refractivity contribution in [2.24, 2.45) is 0 Å². The predicted octanol–water partition coefficient (Wildman–Crippen LogP) is 3.45. The van der Waals surface area contributed by atoms with Crippen LogP contribution in [0.2, 0.25) is 0 Å². The van der Waals surface area contributed by atoms with Gasteiger partial charge >= 0.3 is 0 Å². The van der Waals surface area contributed by atoms with Crippen LogP contribution in [0.5, 0.6) is 0 Å². The lowest BCUT2D eigenvalue weighted by Gasteiger charge is -2.25. The summed E-state index contributed by atoms with van der Waals surface area (Å²) >= 11 is 5.53. The highest BCUT2D eigenvalue weighted by molar-refractivity contribution is 7.80. The van der Waals surface area contributed by atoms with E-state index in [9.17, 15) is 0 Å². The van der Waals surface area contributed by atoms with Crippen LogP contribution in [0.4, 0.5) is 0 Å². The van der Waals surface area contributed by atoms with Gasteiger partial charge in [-0.05, 0) is 42.9 Å². The summed E-state index contributed by atoms with van der Waals surface area (Å²) in [7, 11) is 0. The van der Waals surface area contributed by atoms with Crippen LogP contribution in [0.1, 0.15) is 43.3 Å². The molecule has 1 saturated heterocycles. The van der Waals surface area contributed by atoms with Crippen LogP contribution < -0.4 is 5.32 Å². The van der Waals surface area contributed by atoms with E-state index in [1.165, 1.54) is 0 Å². The molecule has 2 aromatic rings. The highest BCUT2D eigenvalue weighted by Crippen LogP contribution is 2.38. The second kappa shape index (κ2) is 6.26. The number of hydrogen-bond donors (Lipinski definition) is 1. The minimum atomic E-state index is 0.0294. The molecular weight excluding hydrogens is 282 g/mol. The Morgan fingerprint density at radius 2 is 2.24 bits per heavy atom. The van der Waals surface area contributed by atoms with Gasteiger partial charge in [0.1, 0.15) is 11.8 Å². The molecular formula is C16H19N3OS. The molecule has 0 aliphatic carbocycles. The topological polar surface area (TPSA) is 41.3 Å². The van der Waals surface area contributed by atoms with E-state index < -0.39 is 0 Å². The summed E-state index contributed by atoms with van der Waals surface area (Å²) in [5.74, 6) is 0.925. The SMILES string of the molecule is CCCCN1C(=S)N[C@H](c2ccccn2)[C@@H]1c1ccco1. The maximum Gasteiger partial charge on any atom is 0.170 e. The fourth-order valence-corrected chi connectivity index (χ4v) is 3.08. The molecule has 0 bridgehead atoms. The summed E-state index contributed by atoms with van der Waals surface area (Å²) in [4.78, 5) is 6.70. The third-order valence-corrected chi connectivity index (χ3v) is 4.14. The van der Waals surface area contributed by atoms with Gasteiger partial charge in [0.25, 0.3) is 0 Å². The molecule has 1 aliphatic heterocycles. The molecule has 0 unspecified atom stereocenters. The Hall–Kier alpha value is -1.88. The Balaban J connectivity index is 1.94. The van der Waals surface area contributed by atoms with Gasteiger partial charge < -0.3 is 14.6 Å². The van der Waals surface area contributed by atoms with E-state index in [-0.39, 0.29) is 12.1 Å². The van der Waals surface area contributed by atoms with Crippen molar-refractivity contribution in [1.82, 2.24) is 15.2 Å². The number of pyridine rings is 1. The largest absolute Gasteiger partial charge is 0.467 e. The average molecular weight is 301 g/mol. The van der Waals surface area contributed by atoms with Crippen LogP contribution in [0.15, 0.2) is 47.2 Å². The maximum atomic E-state index is 5.66. The number of rotatable bonds is 5. The third kappa shape index (κ3) is 2.78. The smallest absolute Gasteiger partial charge is 0.170 e. The van der Waals surface area contributed by atoms with Crippen LogP contribution in [-0.2, 0) is 0 Å².